The molecule has 2 amide bonds. The van der Waals surface area contributed by atoms with Gasteiger partial charge in [0.1, 0.15) is 0 Å². The summed E-state index contributed by atoms with van der Waals surface area (Å²) in [6, 6.07) is -0.129. The topological polar surface area (TPSA) is 70.7 Å². The third-order valence-corrected chi connectivity index (χ3v) is 2.99. The van der Waals surface area contributed by atoms with Crippen LogP contribution in [0, 0.1) is 0 Å². The summed E-state index contributed by atoms with van der Waals surface area (Å²) < 4.78 is 4.83. The minimum atomic E-state index is -0.154. The number of carbonyl (C=O) groups is 2. The number of nitrogens with one attached hydrogen (secondary N) is 2. The van der Waals surface area contributed by atoms with E-state index in [-0.39, 0.29) is 24.4 Å². The maximum absolute atomic E-state index is 12.0. The van der Waals surface area contributed by atoms with Gasteiger partial charge in [0.15, 0.2) is 0 Å². The Balaban J connectivity index is 2.27. The molecule has 1 rings (SSSR count). The van der Waals surface area contributed by atoms with Gasteiger partial charge in [-0.2, -0.15) is 0 Å². The van der Waals surface area contributed by atoms with Gasteiger partial charge in [0.05, 0.1) is 19.2 Å². The van der Waals surface area contributed by atoms with Crippen molar-refractivity contribution >= 4 is 11.8 Å². The molecule has 1 unspecified atom stereocenters. The fourth-order valence-corrected chi connectivity index (χ4v) is 1.97. The number of rotatable bonds is 6. The van der Waals surface area contributed by atoms with E-state index >= 15 is 0 Å². The highest BCUT2D eigenvalue weighted by Crippen LogP contribution is 2.08. The summed E-state index contributed by atoms with van der Waals surface area (Å²) in [6.45, 7) is 1.93. The highest BCUT2D eigenvalue weighted by atomic mass is 16.5. The number of amides is 2. The first kappa shape index (κ1) is 14.9. The monoisotopic (exact) mass is 257 g/mol. The lowest BCUT2D eigenvalue weighted by atomic mass is 10.0. The Morgan fingerprint density at radius 3 is 2.83 bits per heavy atom. The van der Waals surface area contributed by atoms with Crippen LogP contribution in [0.15, 0.2) is 0 Å². The number of hydrogen-bond donors (Lipinski definition) is 2. The lowest BCUT2D eigenvalue weighted by Gasteiger charge is -2.27. The first-order valence-corrected chi connectivity index (χ1v) is 6.39. The molecule has 0 aromatic carbocycles. The average molecular weight is 257 g/mol. The van der Waals surface area contributed by atoms with Crippen LogP contribution in [0.1, 0.15) is 19.3 Å². The van der Waals surface area contributed by atoms with Crippen molar-refractivity contribution in [2.45, 2.75) is 25.3 Å². The summed E-state index contributed by atoms with van der Waals surface area (Å²) in [4.78, 5) is 25.0. The molecule has 1 heterocycles. The Kier molecular flexibility index (Phi) is 6.67. The first-order chi connectivity index (χ1) is 8.65. The van der Waals surface area contributed by atoms with Crippen molar-refractivity contribution < 1.29 is 14.3 Å². The normalized spacial score (nSPS) is 19.3. The van der Waals surface area contributed by atoms with Gasteiger partial charge < -0.3 is 20.3 Å². The van der Waals surface area contributed by atoms with Crippen LogP contribution in [-0.2, 0) is 14.3 Å². The fourth-order valence-electron chi connectivity index (χ4n) is 1.97. The zero-order valence-corrected chi connectivity index (χ0v) is 11.2. The summed E-state index contributed by atoms with van der Waals surface area (Å²) in [7, 11) is 3.24. The van der Waals surface area contributed by atoms with Crippen LogP contribution in [-0.4, -0.2) is 63.2 Å². The Labute approximate surface area is 108 Å². The quantitative estimate of drug-likeness (QED) is 0.620. The summed E-state index contributed by atoms with van der Waals surface area (Å²) in [5.41, 5.74) is 0. The highest BCUT2D eigenvalue weighted by molar-refractivity contribution is 5.87. The van der Waals surface area contributed by atoms with E-state index in [0.29, 0.717) is 13.2 Å². The minimum absolute atomic E-state index is 0.00316. The maximum atomic E-state index is 12.0. The molecule has 0 aliphatic carbocycles. The van der Waals surface area contributed by atoms with Crippen LogP contribution in [0.5, 0.6) is 0 Å². The first-order valence-electron chi connectivity index (χ1n) is 6.39. The summed E-state index contributed by atoms with van der Waals surface area (Å²) >= 11 is 0. The van der Waals surface area contributed by atoms with Gasteiger partial charge in [0, 0.05) is 20.7 Å². The molecule has 2 N–H and O–H groups in total. The van der Waals surface area contributed by atoms with Crippen molar-refractivity contribution in [2.75, 3.05) is 40.4 Å². The van der Waals surface area contributed by atoms with Gasteiger partial charge in [-0.15, -0.1) is 0 Å². The van der Waals surface area contributed by atoms with E-state index in [1.807, 2.05) is 0 Å². The molecule has 0 radical (unpaired) electrons. The van der Waals surface area contributed by atoms with Crippen LogP contribution in [0.4, 0.5) is 0 Å². The SMILES string of the molecule is COCCNC(=O)CN(C)C(=O)C1CCCCN1. The van der Waals surface area contributed by atoms with Crippen molar-refractivity contribution in [1.82, 2.24) is 15.5 Å². The van der Waals surface area contributed by atoms with Gasteiger partial charge in [-0.1, -0.05) is 6.42 Å². The molecular formula is C12H23N3O3. The Hall–Kier alpha value is -1.14. The number of methoxy groups -OCH3 is 1. The molecule has 104 valence electrons. The van der Waals surface area contributed by atoms with Crippen molar-refractivity contribution in [3.8, 4) is 0 Å². The standard InChI is InChI=1S/C12H23N3O3/c1-15(9-11(16)14-7-8-18-2)12(17)10-5-3-4-6-13-10/h10,13H,3-9H2,1-2H3,(H,14,16). The molecule has 6 nitrogen and oxygen atoms in total. The molecule has 0 aromatic heterocycles. The van der Waals surface area contributed by atoms with E-state index in [9.17, 15) is 9.59 Å². The second-order valence-corrected chi connectivity index (χ2v) is 4.54. The van der Waals surface area contributed by atoms with Gasteiger partial charge >= 0.3 is 0 Å². The second kappa shape index (κ2) is 8.05. The summed E-state index contributed by atoms with van der Waals surface area (Å²) in [6.07, 6.45) is 3.04. The lowest BCUT2D eigenvalue weighted by molar-refractivity contribution is -0.136. The van der Waals surface area contributed by atoms with E-state index in [2.05, 4.69) is 10.6 Å². The minimum Gasteiger partial charge on any atom is -0.383 e. The van der Waals surface area contributed by atoms with Gasteiger partial charge in [-0.3, -0.25) is 9.59 Å². The van der Waals surface area contributed by atoms with Gasteiger partial charge in [0.25, 0.3) is 0 Å². The molecular weight excluding hydrogens is 234 g/mol. The molecule has 1 aliphatic heterocycles. The second-order valence-electron chi connectivity index (χ2n) is 4.54. The van der Waals surface area contributed by atoms with Gasteiger partial charge in [-0.05, 0) is 19.4 Å². The van der Waals surface area contributed by atoms with Crippen molar-refractivity contribution in [3.05, 3.63) is 0 Å². The zero-order valence-electron chi connectivity index (χ0n) is 11.2. The van der Waals surface area contributed by atoms with E-state index in [1.165, 1.54) is 4.90 Å². The molecule has 18 heavy (non-hydrogen) atoms. The van der Waals surface area contributed by atoms with E-state index < -0.39 is 0 Å². The van der Waals surface area contributed by atoms with Crippen LogP contribution in [0.25, 0.3) is 0 Å². The molecule has 1 fully saturated rings. The Morgan fingerprint density at radius 2 is 2.22 bits per heavy atom. The smallest absolute Gasteiger partial charge is 0.239 e. The number of piperidine rings is 1. The van der Waals surface area contributed by atoms with Crippen molar-refractivity contribution in [2.24, 2.45) is 0 Å². The van der Waals surface area contributed by atoms with Crippen molar-refractivity contribution in [1.29, 1.82) is 0 Å². The number of likely N-dealkylation sites (N-methyl/N-ethyl adjacent to an activating group) is 1. The van der Waals surface area contributed by atoms with E-state index in [0.717, 1.165) is 25.8 Å². The third-order valence-electron chi connectivity index (χ3n) is 2.99. The number of ether oxygens (including phenoxy) is 1. The van der Waals surface area contributed by atoms with Gasteiger partial charge in [0.2, 0.25) is 11.8 Å². The van der Waals surface area contributed by atoms with E-state index in [4.69, 9.17) is 4.74 Å². The number of carbonyl (C=O) groups excluding carboxylic acids is 2. The summed E-state index contributed by atoms with van der Waals surface area (Å²) in [5.74, 6) is -0.157. The van der Waals surface area contributed by atoms with Crippen LogP contribution < -0.4 is 10.6 Å². The van der Waals surface area contributed by atoms with Crippen LogP contribution in [0.2, 0.25) is 0 Å². The van der Waals surface area contributed by atoms with Crippen molar-refractivity contribution in [3.63, 3.8) is 0 Å². The molecule has 0 spiro atoms. The number of hydrogen-bond acceptors (Lipinski definition) is 4. The number of nitrogens with zero attached hydrogens (tertiary/aromatic N) is 1. The molecule has 1 aliphatic rings. The molecule has 0 saturated carbocycles. The molecule has 0 aromatic rings. The lowest BCUT2D eigenvalue weighted by Crippen LogP contribution is -2.49. The largest absolute Gasteiger partial charge is 0.383 e. The highest BCUT2D eigenvalue weighted by Gasteiger charge is 2.24. The predicted octanol–water partition coefficient (Wildman–Crippen LogP) is -0.650. The average Bonchev–Trinajstić information content (AvgIpc) is 2.39. The maximum Gasteiger partial charge on any atom is 0.239 e. The van der Waals surface area contributed by atoms with Crippen LogP contribution in [0.3, 0.4) is 0 Å². The summed E-state index contributed by atoms with van der Waals surface area (Å²) in [5, 5.41) is 5.88. The van der Waals surface area contributed by atoms with Crippen LogP contribution >= 0.6 is 0 Å². The Morgan fingerprint density at radius 1 is 1.44 bits per heavy atom. The molecule has 1 atom stereocenters. The third kappa shape index (κ3) is 5.01. The molecule has 6 heteroatoms. The zero-order chi connectivity index (χ0) is 13.4. The Bertz CT molecular complexity index is 278. The van der Waals surface area contributed by atoms with Gasteiger partial charge in [-0.25, -0.2) is 0 Å². The predicted molar refractivity (Wildman–Crippen MR) is 68.2 cm³/mol. The molecule has 1 saturated heterocycles. The fraction of sp³-hybridized carbons (Fsp3) is 0.833. The molecule has 0 bridgehead atoms. The van der Waals surface area contributed by atoms with E-state index in [1.54, 1.807) is 14.2 Å².